The van der Waals surface area contributed by atoms with Gasteiger partial charge in [0, 0.05) is 12.4 Å². The molecule has 2 rings (SSSR count). The smallest absolute Gasteiger partial charge is 0.270 e. The van der Waals surface area contributed by atoms with Crippen LogP contribution >= 0.6 is 15.9 Å². The quantitative estimate of drug-likeness (QED) is 0.855. The first-order valence-electron chi connectivity index (χ1n) is 7.41. The highest BCUT2D eigenvalue weighted by atomic mass is 79.9. The van der Waals surface area contributed by atoms with Crippen molar-refractivity contribution in [1.29, 1.82) is 0 Å². The van der Waals surface area contributed by atoms with Gasteiger partial charge in [0.15, 0.2) is 0 Å². The Balaban J connectivity index is 2.11. The minimum atomic E-state index is -0.0970. The molecule has 1 fully saturated rings. The summed E-state index contributed by atoms with van der Waals surface area (Å²) in [5.41, 5.74) is 1.52. The van der Waals surface area contributed by atoms with E-state index < -0.39 is 0 Å². The summed E-state index contributed by atoms with van der Waals surface area (Å²) in [6.07, 6.45) is 5.30. The maximum atomic E-state index is 12.5. The third-order valence-corrected chi connectivity index (χ3v) is 5.46. The molecule has 0 radical (unpaired) electrons. The molecule has 1 N–H and O–H groups in total. The summed E-state index contributed by atoms with van der Waals surface area (Å²) in [5.74, 6) is 0.760. The largest absolute Gasteiger partial charge is 0.344 e. The number of hydrogen-bond donors (Lipinski definition) is 1. The minimum absolute atomic E-state index is 0.00583. The van der Waals surface area contributed by atoms with Gasteiger partial charge in [-0.1, -0.05) is 29.8 Å². The summed E-state index contributed by atoms with van der Waals surface area (Å²) < 4.78 is 1.68. The highest BCUT2D eigenvalue weighted by Crippen LogP contribution is 2.33. The molecule has 0 aliphatic heterocycles. The second-order valence-corrected chi connectivity index (χ2v) is 6.61. The molecule has 1 aliphatic carbocycles. The summed E-state index contributed by atoms with van der Waals surface area (Å²) in [6.45, 7) is 4.33. The predicted octanol–water partition coefficient (Wildman–Crippen LogP) is 3.06. The van der Waals surface area contributed by atoms with Crippen LogP contribution < -0.4 is 5.32 Å². The van der Waals surface area contributed by atoms with E-state index in [0.29, 0.717) is 5.69 Å². The van der Waals surface area contributed by atoms with Crippen molar-refractivity contribution >= 4 is 21.8 Å². The molecule has 0 aromatic carbocycles. The van der Waals surface area contributed by atoms with Crippen molar-refractivity contribution in [1.82, 2.24) is 15.1 Å². The molecule has 1 aliphatic rings. The molecule has 20 heavy (non-hydrogen) atoms. The normalized spacial score (nSPS) is 26.5. The molecule has 0 spiro atoms. The third-order valence-electron chi connectivity index (χ3n) is 4.39. The average molecular weight is 342 g/mol. The Bertz CT molecular complexity index is 475. The van der Waals surface area contributed by atoms with Crippen LogP contribution in [0, 0.1) is 5.92 Å². The van der Waals surface area contributed by atoms with E-state index in [4.69, 9.17) is 0 Å². The zero-order valence-electron chi connectivity index (χ0n) is 12.6. The number of nitrogens with zero attached hydrogens (tertiary/aromatic N) is 2. The van der Waals surface area contributed by atoms with Crippen LogP contribution in [0.2, 0.25) is 0 Å². The Morgan fingerprint density at radius 2 is 2.20 bits per heavy atom. The number of halogens is 1. The molecule has 0 unspecified atom stereocenters. The first-order chi connectivity index (χ1) is 9.49. The first-order valence-corrected chi connectivity index (χ1v) is 8.53. The van der Waals surface area contributed by atoms with Gasteiger partial charge < -0.3 is 5.32 Å². The Morgan fingerprint density at radius 1 is 1.55 bits per heavy atom. The topological polar surface area (TPSA) is 46.9 Å². The standard InChI is InChI=1S/C15H24BrN3O/c1-4-12-9-13(19(3)18-12)14(20)17-15(10-16)7-5-11(2)6-8-15/h9,11H,4-8,10H2,1-3H3,(H,17,20). The van der Waals surface area contributed by atoms with E-state index in [-0.39, 0.29) is 11.4 Å². The fraction of sp³-hybridized carbons (Fsp3) is 0.733. The molecule has 1 saturated carbocycles. The number of amides is 1. The van der Waals surface area contributed by atoms with Gasteiger partial charge in [0.1, 0.15) is 5.69 Å². The van der Waals surface area contributed by atoms with E-state index >= 15 is 0 Å². The SMILES string of the molecule is CCc1cc(C(=O)NC2(CBr)CCC(C)CC2)n(C)n1. The lowest BCUT2D eigenvalue weighted by Crippen LogP contribution is -2.52. The van der Waals surface area contributed by atoms with Crippen LogP contribution in [0.1, 0.15) is 55.7 Å². The van der Waals surface area contributed by atoms with Crippen LogP contribution in [0.5, 0.6) is 0 Å². The van der Waals surface area contributed by atoms with Crippen LogP contribution in [-0.4, -0.2) is 26.6 Å². The lowest BCUT2D eigenvalue weighted by atomic mass is 9.78. The summed E-state index contributed by atoms with van der Waals surface area (Å²) in [7, 11) is 1.83. The van der Waals surface area contributed by atoms with E-state index in [9.17, 15) is 4.79 Å². The Kier molecular flexibility index (Phi) is 4.89. The molecule has 112 valence electrons. The number of alkyl halides is 1. The highest BCUT2D eigenvalue weighted by molar-refractivity contribution is 9.09. The number of carbonyl (C=O) groups is 1. The van der Waals surface area contributed by atoms with Crippen LogP contribution in [0.25, 0.3) is 0 Å². The van der Waals surface area contributed by atoms with Crippen molar-refractivity contribution in [3.8, 4) is 0 Å². The van der Waals surface area contributed by atoms with Gasteiger partial charge in [-0.2, -0.15) is 5.10 Å². The molecule has 0 atom stereocenters. The van der Waals surface area contributed by atoms with E-state index in [1.54, 1.807) is 4.68 Å². The zero-order chi connectivity index (χ0) is 14.8. The number of nitrogens with one attached hydrogen (secondary N) is 1. The monoisotopic (exact) mass is 341 g/mol. The number of hydrogen-bond acceptors (Lipinski definition) is 2. The average Bonchev–Trinajstić information content (AvgIpc) is 2.83. The van der Waals surface area contributed by atoms with Crippen molar-refractivity contribution < 1.29 is 4.79 Å². The highest BCUT2D eigenvalue weighted by Gasteiger charge is 2.35. The van der Waals surface area contributed by atoms with Gasteiger partial charge in [0.2, 0.25) is 0 Å². The molecular formula is C15H24BrN3O. The minimum Gasteiger partial charge on any atom is -0.344 e. The molecule has 0 saturated heterocycles. The van der Waals surface area contributed by atoms with E-state index in [0.717, 1.165) is 36.2 Å². The molecule has 1 aromatic heterocycles. The molecule has 0 bridgehead atoms. The van der Waals surface area contributed by atoms with Crippen molar-refractivity contribution in [2.75, 3.05) is 5.33 Å². The number of aromatic nitrogens is 2. The van der Waals surface area contributed by atoms with Crippen LogP contribution in [0.4, 0.5) is 0 Å². The van der Waals surface area contributed by atoms with Gasteiger partial charge in [-0.25, -0.2) is 0 Å². The second kappa shape index (κ2) is 6.29. The summed E-state index contributed by atoms with van der Waals surface area (Å²) in [5, 5.41) is 8.41. The van der Waals surface area contributed by atoms with Crippen molar-refractivity contribution in [2.24, 2.45) is 13.0 Å². The van der Waals surface area contributed by atoms with E-state index in [1.807, 2.05) is 20.0 Å². The van der Waals surface area contributed by atoms with E-state index in [1.165, 1.54) is 12.8 Å². The number of aryl methyl sites for hydroxylation is 2. The number of carbonyl (C=O) groups excluding carboxylic acids is 1. The van der Waals surface area contributed by atoms with E-state index in [2.05, 4.69) is 33.3 Å². The van der Waals surface area contributed by atoms with Gasteiger partial charge in [-0.3, -0.25) is 9.48 Å². The molecule has 1 heterocycles. The summed E-state index contributed by atoms with van der Waals surface area (Å²) >= 11 is 3.59. The Hall–Kier alpha value is -0.840. The second-order valence-electron chi connectivity index (χ2n) is 6.05. The van der Waals surface area contributed by atoms with Gasteiger partial charge in [-0.05, 0) is 44.1 Å². The molecule has 1 aromatic rings. The predicted molar refractivity (Wildman–Crippen MR) is 84.2 cm³/mol. The maximum absolute atomic E-state index is 12.5. The summed E-state index contributed by atoms with van der Waals surface area (Å²) in [4.78, 5) is 12.5. The lowest BCUT2D eigenvalue weighted by Gasteiger charge is -2.38. The van der Waals surface area contributed by atoms with Gasteiger partial charge >= 0.3 is 0 Å². The van der Waals surface area contributed by atoms with Crippen LogP contribution in [-0.2, 0) is 13.5 Å². The van der Waals surface area contributed by atoms with Gasteiger partial charge in [-0.15, -0.1) is 0 Å². The van der Waals surface area contributed by atoms with Gasteiger partial charge in [0.05, 0.1) is 11.2 Å². The first kappa shape index (κ1) is 15.5. The molecule has 4 nitrogen and oxygen atoms in total. The fourth-order valence-corrected chi connectivity index (χ4v) is 3.52. The summed E-state index contributed by atoms with van der Waals surface area (Å²) in [6, 6.07) is 1.89. The Morgan fingerprint density at radius 3 is 2.70 bits per heavy atom. The Labute approximate surface area is 129 Å². The van der Waals surface area contributed by atoms with Crippen molar-refractivity contribution in [2.45, 2.75) is 51.5 Å². The van der Waals surface area contributed by atoms with Gasteiger partial charge in [0.25, 0.3) is 5.91 Å². The van der Waals surface area contributed by atoms with Crippen molar-refractivity contribution in [3.63, 3.8) is 0 Å². The fourth-order valence-electron chi connectivity index (χ4n) is 2.82. The maximum Gasteiger partial charge on any atom is 0.270 e. The van der Waals surface area contributed by atoms with Crippen molar-refractivity contribution in [3.05, 3.63) is 17.5 Å². The van der Waals surface area contributed by atoms with Crippen LogP contribution in [0.3, 0.4) is 0 Å². The van der Waals surface area contributed by atoms with Crippen LogP contribution in [0.15, 0.2) is 6.07 Å². The molecule has 5 heteroatoms. The molecular weight excluding hydrogens is 318 g/mol. The zero-order valence-corrected chi connectivity index (χ0v) is 14.2. The molecule has 1 amide bonds. The third kappa shape index (κ3) is 3.25. The number of rotatable bonds is 4. The lowest BCUT2D eigenvalue weighted by molar-refractivity contribution is 0.0864.